The predicted molar refractivity (Wildman–Crippen MR) is 71.2 cm³/mol. The maximum atomic E-state index is 11.0. The molecule has 6 heteroatoms. The third-order valence-electron chi connectivity index (χ3n) is 3.15. The molecule has 1 heterocycles. The van der Waals surface area contributed by atoms with E-state index < -0.39 is 12.0 Å². The Labute approximate surface area is 116 Å². The van der Waals surface area contributed by atoms with Crippen molar-refractivity contribution in [1.29, 1.82) is 0 Å². The smallest absolute Gasteiger partial charge is 0.303 e. The zero-order valence-electron chi connectivity index (χ0n) is 11.0. The van der Waals surface area contributed by atoms with Crippen molar-refractivity contribution in [2.24, 2.45) is 5.73 Å². The Kier molecular flexibility index (Phi) is 4.57. The van der Waals surface area contributed by atoms with Crippen LogP contribution in [0.2, 0.25) is 0 Å². The lowest BCUT2D eigenvalue weighted by atomic mass is 9.99. The standard InChI is InChI=1S/C14H17NO5/c15-11(4-5-12(17)18)10-3-2-9(8-16)13-14(10)20-7-1-6-19-13/h2-3,8,11H,1,4-7,15H2,(H,17,18). The zero-order chi connectivity index (χ0) is 14.5. The van der Waals surface area contributed by atoms with Crippen LogP contribution >= 0.6 is 0 Å². The summed E-state index contributed by atoms with van der Waals surface area (Å²) >= 11 is 0. The molecule has 108 valence electrons. The molecule has 0 aromatic heterocycles. The number of fused-ring (bicyclic) bond motifs is 1. The van der Waals surface area contributed by atoms with Crippen LogP contribution in [0.15, 0.2) is 12.1 Å². The average Bonchev–Trinajstić information content (AvgIpc) is 2.69. The van der Waals surface area contributed by atoms with Crippen molar-refractivity contribution >= 4 is 12.3 Å². The number of benzene rings is 1. The molecule has 1 unspecified atom stereocenters. The SMILES string of the molecule is NC(CCC(=O)O)c1ccc(C=O)c2c1OCCCO2. The van der Waals surface area contributed by atoms with Crippen LogP contribution in [-0.4, -0.2) is 30.6 Å². The molecule has 0 saturated carbocycles. The molecule has 0 amide bonds. The number of rotatable bonds is 5. The Balaban J connectivity index is 2.33. The molecule has 20 heavy (non-hydrogen) atoms. The average molecular weight is 279 g/mol. The largest absolute Gasteiger partial charge is 0.489 e. The molecular formula is C14H17NO5. The van der Waals surface area contributed by atoms with E-state index in [1.165, 1.54) is 0 Å². The molecule has 0 saturated heterocycles. The third kappa shape index (κ3) is 3.08. The molecule has 0 spiro atoms. The molecule has 1 aromatic carbocycles. The Morgan fingerprint density at radius 3 is 2.70 bits per heavy atom. The van der Waals surface area contributed by atoms with Gasteiger partial charge in [0.15, 0.2) is 17.8 Å². The predicted octanol–water partition coefficient (Wildman–Crippen LogP) is 1.52. The molecule has 0 aliphatic carbocycles. The molecule has 0 fully saturated rings. The Morgan fingerprint density at radius 1 is 1.35 bits per heavy atom. The molecule has 3 N–H and O–H groups in total. The van der Waals surface area contributed by atoms with E-state index in [-0.39, 0.29) is 6.42 Å². The van der Waals surface area contributed by atoms with Crippen molar-refractivity contribution in [3.63, 3.8) is 0 Å². The Bertz CT molecular complexity index is 515. The maximum Gasteiger partial charge on any atom is 0.303 e. The number of hydrogen-bond donors (Lipinski definition) is 2. The van der Waals surface area contributed by atoms with Gasteiger partial charge in [0, 0.05) is 24.4 Å². The summed E-state index contributed by atoms with van der Waals surface area (Å²) in [6, 6.07) is 2.85. The van der Waals surface area contributed by atoms with E-state index >= 15 is 0 Å². The van der Waals surface area contributed by atoms with E-state index in [9.17, 15) is 9.59 Å². The first-order valence-electron chi connectivity index (χ1n) is 6.48. The first-order valence-corrected chi connectivity index (χ1v) is 6.48. The number of aldehydes is 1. The van der Waals surface area contributed by atoms with Gasteiger partial charge in [0.2, 0.25) is 0 Å². The summed E-state index contributed by atoms with van der Waals surface area (Å²) in [4.78, 5) is 21.7. The monoisotopic (exact) mass is 279 g/mol. The van der Waals surface area contributed by atoms with Gasteiger partial charge in [0.05, 0.1) is 18.8 Å². The summed E-state index contributed by atoms with van der Waals surface area (Å²) in [6.07, 6.45) is 1.70. The van der Waals surface area contributed by atoms with E-state index in [2.05, 4.69) is 0 Å². The van der Waals surface area contributed by atoms with Crippen LogP contribution in [0.3, 0.4) is 0 Å². The second kappa shape index (κ2) is 6.38. The van der Waals surface area contributed by atoms with Gasteiger partial charge in [-0.15, -0.1) is 0 Å². The second-order valence-corrected chi connectivity index (χ2v) is 4.61. The van der Waals surface area contributed by atoms with E-state index in [1.807, 2.05) is 0 Å². The fourth-order valence-corrected chi connectivity index (χ4v) is 2.12. The molecule has 0 radical (unpaired) electrons. The van der Waals surface area contributed by atoms with Crippen molar-refractivity contribution in [2.75, 3.05) is 13.2 Å². The number of ether oxygens (including phenoxy) is 2. The van der Waals surface area contributed by atoms with Gasteiger partial charge in [-0.2, -0.15) is 0 Å². The normalized spacial score (nSPS) is 15.2. The number of aliphatic carboxylic acids is 1. The molecule has 0 bridgehead atoms. The van der Waals surface area contributed by atoms with E-state index in [0.717, 1.165) is 6.42 Å². The summed E-state index contributed by atoms with van der Waals surface area (Å²) in [5, 5.41) is 8.72. The summed E-state index contributed by atoms with van der Waals surface area (Å²) in [5.74, 6) is -0.0287. The highest BCUT2D eigenvalue weighted by Crippen LogP contribution is 2.39. The quantitative estimate of drug-likeness (QED) is 0.793. The Hall–Kier alpha value is -2.08. The first kappa shape index (κ1) is 14.3. The maximum absolute atomic E-state index is 11.0. The lowest BCUT2D eigenvalue weighted by Crippen LogP contribution is -2.14. The van der Waals surface area contributed by atoms with Crippen LogP contribution in [0.1, 0.15) is 41.2 Å². The van der Waals surface area contributed by atoms with E-state index in [1.54, 1.807) is 12.1 Å². The van der Waals surface area contributed by atoms with Crippen LogP contribution in [0.25, 0.3) is 0 Å². The molecule has 2 rings (SSSR count). The number of carboxylic acid groups (broad SMARTS) is 1. The Morgan fingerprint density at radius 2 is 2.05 bits per heavy atom. The second-order valence-electron chi connectivity index (χ2n) is 4.61. The summed E-state index contributed by atoms with van der Waals surface area (Å²) in [6.45, 7) is 0.954. The highest BCUT2D eigenvalue weighted by molar-refractivity contribution is 5.82. The summed E-state index contributed by atoms with van der Waals surface area (Å²) in [7, 11) is 0. The fraction of sp³-hybridized carbons (Fsp3) is 0.429. The van der Waals surface area contributed by atoms with Crippen LogP contribution in [-0.2, 0) is 4.79 Å². The van der Waals surface area contributed by atoms with Gasteiger partial charge >= 0.3 is 5.97 Å². The lowest BCUT2D eigenvalue weighted by molar-refractivity contribution is -0.137. The molecule has 1 aliphatic heterocycles. The lowest BCUT2D eigenvalue weighted by Gasteiger charge is -2.18. The van der Waals surface area contributed by atoms with Gasteiger partial charge in [-0.1, -0.05) is 6.07 Å². The van der Waals surface area contributed by atoms with E-state index in [0.29, 0.717) is 48.5 Å². The minimum Gasteiger partial charge on any atom is -0.489 e. The van der Waals surface area contributed by atoms with Gasteiger partial charge in [-0.25, -0.2) is 0 Å². The van der Waals surface area contributed by atoms with Gasteiger partial charge in [0.1, 0.15) is 0 Å². The number of hydrogen-bond acceptors (Lipinski definition) is 5. The van der Waals surface area contributed by atoms with Crippen molar-refractivity contribution in [2.45, 2.75) is 25.3 Å². The molecular weight excluding hydrogens is 262 g/mol. The van der Waals surface area contributed by atoms with Gasteiger partial charge in [-0.3, -0.25) is 9.59 Å². The van der Waals surface area contributed by atoms with Crippen LogP contribution < -0.4 is 15.2 Å². The summed E-state index contributed by atoms with van der Waals surface area (Å²) < 4.78 is 11.2. The van der Waals surface area contributed by atoms with Crippen LogP contribution in [0.4, 0.5) is 0 Å². The first-order chi connectivity index (χ1) is 9.63. The minimum atomic E-state index is -0.895. The van der Waals surface area contributed by atoms with Crippen molar-refractivity contribution < 1.29 is 24.2 Å². The third-order valence-corrected chi connectivity index (χ3v) is 3.15. The van der Waals surface area contributed by atoms with Crippen molar-refractivity contribution in [3.05, 3.63) is 23.3 Å². The van der Waals surface area contributed by atoms with Gasteiger partial charge in [0.25, 0.3) is 0 Å². The van der Waals surface area contributed by atoms with Crippen molar-refractivity contribution in [3.8, 4) is 11.5 Å². The van der Waals surface area contributed by atoms with Crippen LogP contribution in [0, 0.1) is 0 Å². The van der Waals surface area contributed by atoms with Gasteiger partial charge < -0.3 is 20.3 Å². The molecule has 1 atom stereocenters. The summed E-state index contributed by atoms with van der Waals surface area (Å²) in [5.41, 5.74) is 7.11. The minimum absolute atomic E-state index is 0.0216. The molecule has 1 aliphatic rings. The number of carbonyl (C=O) groups excluding carboxylic acids is 1. The van der Waals surface area contributed by atoms with E-state index in [4.69, 9.17) is 20.3 Å². The number of carbonyl (C=O) groups is 2. The number of carboxylic acids is 1. The van der Waals surface area contributed by atoms with Gasteiger partial charge in [-0.05, 0) is 12.5 Å². The molecule has 6 nitrogen and oxygen atoms in total. The number of nitrogens with two attached hydrogens (primary N) is 1. The fourth-order valence-electron chi connectivity index (χ4n) is 2.12. The molecule has 1 aromatic rings. The van der Waals surface area contributed by atoms with Crippen LogP contribution in [0.5, 0.6) is 11.5 Å². The van der Waals surface area contributed by atoms with Crippen molar-refractivity contribution in [1.82, 2.24) is 0 Å². The topological polar surface area (TPSA) is 98.9 Å². The highest BCUT2D eigenvalue weighted by Gasteiger charge is 2.22. The zero-order valence-corrected chi connectivity index (χ0v) is 11.0. The highest BCUT2D eigenvalue weighted by atomic mass is 16.5.